The number of nitrogens with one attached hydrogen (secondary N) is 2. The van der Waals surface area contributed by atoms with Crippen molar-refractivity contribution in [1.82, 2.24) is 10.6 Å². The number of carbonyl (C=O) groups excluding carboxylic acids is 3. The smallest absolute Gasteiger partial charge is 0.233 e. The highest BCUT2D eigenvalue weighted by atomic mass is 79.9. The summed E-state index contributed by atoms with van der Waals surface area (Å²) in [6.07, 6.45) is 10.8. The van der Waals surface area contributed by atoms with Crippen LogP contribution in [0.4, 0.5) is 0 Å². The molecule has 2 aromatic carbocycles. The summed E-state index contributed by atoms with van der Waals surface area (Å²) in [5.41, 5.74) is 1.35. The van der Waals surface area contributed by atoms with E-state index in [0.29, 0.717) is 17.0 Å². The zero-order valence-corrected chi connectivity index (χ0v) is 25.1. The van der Waals surface area contributed by atoms with Crippen molar-refractivity contribution < 1.29 is 14.4 Å². The average Bonchev–Trinajstić information content (AvgIpc) is 2.94. The first-order valence-electron chi connectivity index (χ1n) is 14.5. The van der Waals surface area contributed by atoms with Gasteiger partial charge in [-0.05, 0) is 74.1 Å². The zero-order chi connectivity index (χ0) is 27.8. The monoisotopic (exact) mass is 614 g/mol. The minimum absolute atomic E-state index is 0.0637. The Balaban J connectivity index is 1.74. The van der Waals surface area contributed by atoms with Gasteiger partial charge in [-0.3, -0.25) is 14.4 Å². The molecule has 0 heterocycles. The fourth-order valence-electron chi connectivity index (χ4n) is 6.29. The molecule has 2 fully saturated rings. The van der Waals surface area contributed by atoms with E-state index in [1.54, 1.807) is 24.3 Å². The van der Waals surface area contributed by atoms with E-state index in [-0.39, 0.29) is 29.7 Å². The fourth-order valence-corrected chi connectivity index (χ4v) is 6.68. The normalized spacial score (nSPS) is 18.4. The van der Waals surface area contributed by atoms with Gasteiger partial charge >= 0.3 is 0 Å². The van der Waals surface area contributed by atoms with Crippen molar-refractivity contribution in [2.75, 3.05) is 0 Å². The molecule has 0 saturated heterocycles. The van der Waals surface area contributed by atoms with E-state index in [2.05, 4.69) is 26.6 Å². The van der Waals surface area contributed by atoms with Crippen LogP contribution in [0.2, 0.25) is 5.02 Å². The van der Waals surface area contributed by atoms with Crippen LogP contribution in [-0.4, -0.2) is 29.7 Å². The standard InChI is InChI=1S/C32H40BrClN2O3/c1-2-27(30(37)22-15-19-24(34)20-16-22)28(21-13-17-23(33)18-14-21)29(31(38)35-25-9-5-3-6-10-25)32(39)36-26-11-7-4-8-12-26/h13-20,25-29H,2-12H2,1H3,(H,35,38)(H,36,39)/t27-,28+/m0/s1. The van der Waals surface area contributed by atoms with E-state index in [1.165, 1.54) is 12.8 Å². The summed E-state index contributed by atoms with van der Waals surface area (Å²) in [4.78, 5) is 42.2. The Morgan fingerprint density at radius 3 is 1.74 bits per heavy atom. The molecule has 2 atom stereocenters. The van der Waals surface area contributed by atoms with Crippen LogP contribution in [-0.2, 0) is 9.59 Å². The Labute approximate surface area is 246 Å². The third-order valence-electron chi connectivity index (χ3n) is 8.42. The third kappa shape index (κ3) is 7.94. The highest BCUT2D eigenvalue weighted by Crippen LogP contribution is 2.38. The van der Waals surface area contributed by atoms with E-state index < -0.39 is 17.8 Å². The molecule has 39 heavy (non-hydrogen) atoms. The van der Waals surface area contributed by atoms with Crippen LogP contribution < -0.4 is 10.6 Å². The van der Waals surface area contributed by atoms with Gasteiger partial charge in [0.15, 0.2) is 5.78 Å². The molecule has 2 aliphatic rings. The molecule has 210 valence electrons. The van der Waals surface area contributed by atoms with Gasteiger partial charge in [-0.2, -0.15) is 0 Å². The second-order valence-electron chi connectivity index (χ2n) is 11.1. The first-order chi connectivity index (χ1) is 18.9. The molecule has 2 N–H and O–H groups in total. The zero-order valence-electron chi connectivity index (χ0n) is 22.8. The van der Waals surface area contributed by atoms with Gasteiger partial charge in [-0.15, -0.1) is 0 Å². The number of carbonyl (C=O) groups is 3. The van der Waals surface area contributed by atoms with Crippen molar-refractivity contribution in [1.29, 1.82) is 0 Å². The summed E-state index contributed by atoms with van der Waals surface area (Å²) in [7, 11) is 0. The molecule has 0 spiro atoms. The Hall–Kier alpha value is -2.18. The van der Waals surface area contributed by atoms with Gasteiger partial charge in [-0.25, -0.2) is 0 Å². The van der Waals surface area contributed by atoms with Crippen molar-refractivity contribution in [2.45, 2.75) is 95.6 Å². The molecule has 2 aromatic rings. The molecule has 0 radical (unpaired) electrons. The van der Waals surface area contributed by atoms with Crippen molar-refractivity contribution in [3.63, 3.8) is 0 Å². The van der Waals surface area contributed by atoms with Crippen molar-refractivity contribution in [3.8, 4) is 0 Å². The fraction of sp³-hybridized carbons (Fsp3) is 0.531. The second kappa shape index (κ2) is 14.5. The molecular formula is C32H40BrClN2O3. The number of ketones is 1. The molecule has 4 rings (SSSR count). The van der Waals surface area contributed by atoms with Crippen LogP contribution in [0.5, 0.6) is 0 Å². The van der Waals surface area contributed by atoms with Crippen LogP contribution in [0.1, 0.15) is 99.4 Å². The SMILES string of the molecule is CC[C@H](C(=O)c1ccc(Cl)cc1)[C@@H](c1ccc(Br)cc1)C(C(=O)NC1CCCCC1)C(=O)NC1CCCCC1. The number of amides is 2. The number of hydrogen-bond donors (Lipinski definition) is 2. The van der Waals surface area contributed by atoms with Crippen molar-refractivity contribution >= 4 is 45.1 Å². The lowest BCUT2D eigenvalue weighted by molar-refractivity contribution is -0.137. The van der Waals surface area contributed by atoms with Gasteiger partial charge < -0.3 is 10.6 Å². The Morgan fingerprint density at radius 1 is 0.795 bits per heavy atom. The maximum absolute atomic E-state index is 14.1. The number of Topliss-reactive ketones (excluding diaryl/α,β-unsaturated/α-hetero) is 1. The molecule has 0 aliphatic heterocycles. The first-order valence-corrected chi connectivity index (χ1v) is 15.7. The molecule has 5 nitrogen and oxygen atoms in total. The van der Waals surface area contributed by atoms with Gasteiger partial charge in [0.1, 0.15) is 5.92 Å². The number of rotatable bonds is 10. The van der Waals surface area contributed by atoms with E-state index in [1.807, 2.05) is 31.2 Å². The Morgan fingerprint density at radius 2 is 1.28 bits per heavy atom. The topological polar surface area (TPSA) is 75.3 Å². The summed E-state index contributed by atoms with van der Waals surface area (Å²) in [6.45, 7) is 1.96. The molecule has 2 saturated carbocycles. The van der Waals surface area contributed by atoms with E-state index in [0.717, 1.165) is 61.4 Å². The van der Waals surface area contributed by atoms with Gasteiger partial charge in [0.2, 0.25) is 11.8 Å². The second-order valence-corrected chi connectivity index (χ2v) is 12.5. The number of hydrogen-bond acceptors (Lipinski definition) is 3. The lowest BCUT2D eigenvalue weighted by Crippen LogP contribution is -2.51. The minimum atomic E-state index is -1.02. The lowest BCUT2D eigenvalue weighted by atomic mass is 9.71. The summed E-state index contributed by atoms with van der Waals surface area (Å²) in [5, 5.41) is 7.01. The maximum Gasteiger partial charge on any atom is 0.233 e. The lowest BCUT2D eigenvalue weighted by Gasteiger charge is -2.34. The third-order valence-corrected chi connectivity index (χ3v) is 9.20. The summed E-state index contributed by atoms with van der Waals surface area (Å²) in [5.74, 6) is -2.82. The van der Waals surface area contributed by atoms with Gasteiger partial charge in [-0.1, -0.05) is 85.1 Å². The van der Waals surface area contributed by atoms with Crippen molar-refractivity contribution in [2.24, 2.45) is 11.8 Å². The molecule has 0 aromatic heterocycles. The maximum atomic E-state index is 14.1. The van der Waals surface area contributed by atoms with E-state index >= 15 is 0 Å². The molecule has 7 heteroatoms. The summed E-state index contributed by atoms with van der Waals surface area (Å²) >= 11 is 9.61. The quantitative estimate of drug-likeness (QED) is 0.213. The van der Waals surface area contributed by atoms with Crippen LogP contribution >= 0.6 is 27.5 Å². The first kappa shape index (κ1) is 29.8. The van der Waals surface area contributed by atoms with Crippen LogP contribution in [0.25, 0.3) is 0 Å². The van der Waals surface area contributed by atoms with Gasteiger partial charge in [0.05, 0.1) is 0 Å². The highest BCUT2D eigenvalue weighted by Gasteiger charge is 2.43. The van der Waals surface area contributed by atoms with E-state index in [9.17, 15) is 14.4 Å². The van der Waals surface area contributed by atoms with Crippen molar-refractivity contribution in [3.05, 3.63) is 69.2 Å². The predicted octanol–water partition coefficient (Wildman–Crippen LogP) is 7.61. The summed E-state index contributed by atoms with van der Waals surface area (Å²) in [6, 6.07) is 14.7. The molecular weight excluding hydrogens is 576 g/mol. The van der Waals surface area contributed by atoms with Gasteiger partial charge in [0.25, 0.3) is 0 Å². The molecule has 0 unspecified atom stereocenters. The average molecular weight is 616 g/mol. The Kier molecular flexibility index (Phi) is 11.0. The Bertz CT molecular complexity index is 1080. The molecule has 2 aliphatic carbocycles. The predicted molar refractivity (Wildman–Crippen MR) is 160 cm³/mol. The van der Waals surface area contributed by atoms with Gasteiger partial charge in [0, 0.05) is 39.0 Å². The number of halogens is 2. The summed E-state index contributed by atoms with van der Waals surface area (Å²) < 4.78 is 0.900. The van der Waals surface area contributed by atoms with Crippen LogP contribution in [0.15, 0.2) is 53.0 Å². The minimum Gasteiger partial charge on any atom is -0.353 e. The highest BCUT2D eigenvalue weighted by molar-refractivity contribution is 9.10. The van der Waals surface area contributed by atoms with E-state index in [4.69, 9.17) is 11.6 Å². The van der Waals surface area contributed by atoms with Crippen LogP contribution in [0, 0.1) is 11.8 Å². The number of benzene rings is 2. The largest absolute Gasteiger partial charge is 0.353 e. The molecule has 0 bridgehead atoms. The van der Waals surface area contributed by atoms with Crippen LogP contribution in [0.3, 0.4) is 0 Å². The molecule has 2 amide bonds.